The summed E-state index contributed by atoms with van der Waals surface area (Å²) in [6.07, 6.45) is 1.28. The van der Waals surface area contributed by atoms with Gasteiger partial charge < -0.3 is 9.52 Å². The van der Waals surface area contributed by atoms with Crippen molar-refractivity contribution in [3.05, 3.63) is 77.8 Å². The van der Waals surface area contributed by atoms with Crippen LogP contribution in [0, 0.1) is 5.82 Å². The lowest BCUT2D eigenvalue weighted by Crippen LogP contribution is -2.24. The first-order chi connectivity index (χ1) is 15.5. The van der Waals surface area contributed by atoms with E-state index in [9.17, 15) is 19.1 Å². The SMILES string of the molecule is O=C(Cn1nnc(-c2ccc(F)cc2)n1)N/N=C/c1ccc(-c2ccccc2C(=O)O)o1. The number of hydrazone groups is 1. The highest BCUT2D eigenvalue weighted by atomic mass is 19.1. The van der Waals surface area contributed by atoms with E-state index in [0.717, 1.165) is 4.80 Å². The molecule has 1 amide bonds. The second-order valence-corrected chi connectivity index (χ2v) is 6.50. The number of nitrogens with one attached hydrogen (secondary N) is 1. The van der Waals surface area contributed by atoms with Crippen LogP contribution in [0.1, 0.15) is 16.1 Å². The number of carbonyl (C=O) groups excluding carboxylic acids is 1. The smallest absolute Gasteiger partial charge is 0.336 e. The highest BCUT2D eigenvalue weighted by Crippen LogP contribution is 2.25. The molecule has 0 radical (unpaired) electrons. The summed E-state index contributed by atoms with van der Waals surface area (Å²) in [6.45, 7) is -0.235. The number of benzene rings is 2. The van der Waals surface area contributed by atoms with E-state index >= 15 is 0 Å². The van der Waals surface area contributed by atoms with E-state index in [0.29, 0.717) is 22.6 Å². The van der Waals surface area contributed by atoms with Crippen LogP contribution in [0.2, 0.25) is 0 Å². The van der Waals surface area contributed by atoms with E-state index in [4.69, 9.17) is 4.42 Å². The molecule has 4 aromatic rings. The Labute approximate surface area is 180 Å². The molecule has 0 aliphatic carbocycles. The highest BCUT2D eigenvalue weighted by Gasteiger charge is 2.14. The number of carboxylic acid groups (broad SMARTS) is 1. The van der Waals surface area contributed by atoms with Crippen molar-refractivity contribution in [3.63, 3.8) is 0 Å². The topological polar surface area (TPSA) is 136 Å². The molecule has 11 heteroatoms. The van der Waals surface area contributed by atoms with Gasteiger partial charge in [0.05, 0.1) is 11.8 Å². The number of hydrogen-bond acceptors (Lipinski definition) is 7. The van der Waals surface area contributed by atoms with Gasteiger partial charge in [0, 0.05) is 11.1 Å². The number of nitrogens with zero attached hydrogens (tertiary/aromatic N) is 5. The summed E-state index contributed by atoms with van der Waals surface area (Å²) >= 11 is 0. The zero-order valence-corrected chi connectivity index (χ0v) is 16.3. The van der Waals surface area contributed by atoms with Gasteiger partial charge in [0.2, 0.25) is 5.82 Å². The molecule has 2 aromatic carbocycles. The summed E-state index contributed by atoms with van der Waals surface area (Å²) in [5.74, 6) is -1.02. The molecular weight excluding hydrogens is 419 g/mol. The number of rotatable bonds is 7. The molecule has 0 saturated heterocycles. The minimum atomic E-state index is -1.07. The fraction of sp³-hybridized carbons (Fsp3) is 0.0476. The van der Waals surface area contributed by atoms with Crippen molar-refractivity contribution < 1.29 is 23.5 Å². The number of carbonyl (C=O) groups is 2. The van der Waals surface area contributed by atoms with E-state index in [1.54, 1.807) is 30.3 Å². The third kappa shape index (κ3) is 4.73. The number of aromatic carboxylic acids is 1. The van der Waals surface area contributed by atoms with Gasteiger partial charge >= 0.3 is 5.97 Å². The summed E-state index contributed by atoms with van der Waals surface area (Å²) in [4.78, 5) is 24.5. The molecule has 0 atom stereocenters. The van der Waals surface area contributed by atoms with Crippen molar-refractivity contribution >= 4 is 18.1 Å². The lowest BCUT2D eigenvalue weighted by molar-refractivity contribution is -0.122. The normalized spacial score (nSPS) is 11.0. The van der Waals surface area contributed by atoms with E-state index in [1.807, 2.05) is 0 Å². The zero-order valence-electron chi connectivity index (χ0n) is 16.3. The summed E-state index contributed by atoms with van der Waals surface area (Å²) in [7, 11) is 0. The average Bonchev–Trinajstić information content (AvgIpc) is 3.44. The van der Waals surface area contributed by atoms with Crippen LogP contribution >= 0.6 is 0 Å². The first-order valence-electron chi connectivity index (χ1n) is 9.28. The third-order valence-electron chi connectivity index (χ3n) is 4.27. The van der Waals surface area contributed by atoms with Gasteiger partial charge in [-0.3, -0.25) is 4.79 Å². The van der Waals surface area contributed by atoms with E-state index in [-0.39, 0.29) is 23.7 Å². The maximum Gasteiger partial charge on any atom is 0.336 e. The van der Waals surface area contributed by atoms with Crippen molar-refractivity contribution in [2.75, 3.05) is 0 Å². The van der Waals surface area contributed by atoms with E-state index in [1.165, 1.54) is 36.5 Å². The van der Waals surface area contributed by atoms with Gasteiger partial charge in [-0.2, -0.15) is 9.90 Å². The Morgan fingerprint density at radius 1 is 1.12 bits per heavy atom. The number of carboxylic acids is 1. The van der Waals surface area contributed by atoms with Crippen molar-refractivity contribution in [1.29, 1.82) is 0 Å². The number of tetrazole rings is 1. The number of halogens is 1. The Morgan fingerprint density at radius 2 is 1.91 bits per heavy atom. The fourth-order valence-corrected chi connectivity index (χ4v) is 2.81. The van der Waals surface area contributed by atoms with E-state index in [2.05, 4.69) is 25.9 Å². The van der Waals surface area contributed by atoms with Crippen LogP contribution in [0.15, 0.2) is 70.2 Å². The Bertz CT molecular complexity index is 1300. The molecular formula is C21H15FN6O4. The molecule has 0 unspecified atom stereocenters. The Kier molecular flexibility index (Phi) is 5.79. The van der Waals surface area contributed by atoms with Crippen LogP contribution in [0.5, 0.6) is 0 Å². The van der Waals surface area contributed by atoms with Crippen molar-refractivity contribution in [3.8, 4) is 22.7 Å². The number of aromatic nitrogens is 4. The molecule has 0 bridgehead atoms. The summed E-state index contributed by atoms with van der Waals surface area (Å²) in [5.41, 5.74) is 3.42. The van der Waals surface area contributed by atoms with Gasteiger partial charge in [0.1, 0.15) is 23.9 Å². The molecule has 0 aliphatic rings. The van der Waals surface area contributed by atoms with Crippen molar-refractivity contribution in [2.24, 2.45) is 5.10 Å². The summed E-state index contributed by atoms with van der Waals surface area (Å²) < 4.78 is 18.6. The molecule has 0 spiro atoms. The molecule has 160 valence electrons. The molecule has 4 rings (SSSR count). The molecule has 2 aromatic heterocycles. The minimum Gasteiger partial charge on any atom is -0.478 e. The Balaban J connectivity index is 1.36. The van der Waals surface area contributed by atoms with Gasteiger partial charge in [-0.25, -0.2) is 14.6 Å². The largest absolute Gasteiger partial charge is 0.478 e. The maximum atomic E-state index is 13.0. The molecule has 32 heavy (non-hydrogen) atoms. The van der Waals surface area contributed by atoms with Crippen molar-refractivity contribution in [1.82, 2.24) is 25.6 Å². The lowest BCUT2D eigenvalue weighted by Gasteiger charge is -2.01. The van der Waals surface area contributed by atoms with Crippen LogP contribution < -0.4 is 5.43 Å². The predicted octanol–water partition coefficient (Wildman–Crippen LogP) is 2.59. The molecule has 2 N–H and O–H groups in total. The van der Waals surface area contributed by atoms with Crippen LogP contribution in [0.25, 0.3) is 22.7 Å². The third-order valence-corrected chi connectivity index (χ3v) is 4.27. The number of hydrogen-bond donors (Lipinski definition) is 2. The van der Waals surface area contributed by atoms with Gasteiger partial charge in [-0.05, 0) is 47.7 Å². The van der Waals surface area contributed by atoms with Gasteiger partial charge in [-0.1, -0.05) is 18.2 Å². The number of furan rings is 1. The second-order valence-electron chi connectivity index (χ2n) is 6.50. The first kappa shape index (κ1) is 20.6. The monoisotopic (exact) mass is 434 g/mol. The first-order valence-corrected chi connectivity index (χ1v) is 9.28. The standard InChI is InChI=1S/C21H15FN6O4/c22-14-7-5-13(6-8-14)20-25-27-28(26-20)12-19(29)24-23-11-15-9-10-18(32-15)16-3-1-2-4-17(16)21(30)31/h1-11H,12H2,(H,24,29)(H,30,31)/b23-11+. The maximum absolute atomic E-state index is 13.0. The van der Waals surface area contributed by atoms with Crippen LogP contribution in [-0.2, 0) is 11.3 Å². The van der Waals surface area contributed by atoms with E-state index < -0.39 is 11.9 Å². The molecule has 0 saturated carbocycles. The van der Waals surface area contributed by atoms with Crippen LogP contribution in [0.3, 0.4) is 0 Å². The summed E-state index contributed by atoms with van der Waals surface area (Å²) in [5, 5.41) is 24.8. The van der Waals surface area contributed by atoms with Gasteiger partial charge in [-0.15, -0.1) is 10.2 Å². The fourth-order valence-electron chi connectivity index (χ4n) is 2.81. The van der Waals surface area contributed by atoms with Gasteiger partial charge in [0.15, 0.2) is 0 Å². The van der Waals surface area contributed by atoms with Gasteiger partial charge in [0.25, 0.3) is 5.91 Å². The lowest BCUT2D eigenvalue weighted by atomic mass is 10.1. The quantitative estimate of drug-likeness (QED) is 0.337. The predicted molar refractivity (Wildman–Crippen MR) is 110 cm³/mol. The molecule has 0 aliphatic heterocycles. The second kappa shape index (κ2) is 9.00. The highest BCUT2D eigenvalue weighted by molar-refractivity contribution is 5.95. The molecule has 10 nitrogen and oxygen atoms in total. The van der Waals surface area contributed by atoms with Crippen LogP contribution in [0.4, 0.5) is 4.39 Å². The molecule has 2 heterocycles. The average molecular weight is 434 g/mol. The Hall–Kier alpha value is -4.67. The zero-order chi connectivity index (χ0) is 22.5. The van der Waals surface area contributed by atoms with Crippen LogP contribution in [-0.4, -0.2) is 43.4 Å². The molecule has 0 fully saturated rings. The summed E-state index contributed by atoms with van der Waals surface area (Å²) in [6, 6.07) is 15.2. The number of amides is 1. The minimum absolute atomic E-state index is 0.110. The van der Waals surface area contributed by atoms with Crippen molar-refractivity contribution in [2.45, 2.75) is 6.54 Å². The Morgan fingerprint density at radius 3 is 2.69 bits per heavy atom.